The van der Waals surface area contributed by atoms with Gasteiger partial charge < -0.3 is 19.3 Å². The van der Waals surface area contributed by atoms with Crippen molar-refractivity contribution < 1.29 is 19.1 Å². The lowest BCUT2D eigenvalue weighted by Crippen LogP contribution is -2.51. The molecule has 3 aromatic rings. The number of hydrogen-bond acceptors (Lipinski definition) is 6. The molecular formula is C25H26ClN5O4. The van der Waals surface area contributed by atoms with Gasteiger partial charge in [-0.25, -0.2) is 4.68 Å². The van der Waals surface area contributed by atoms with Crippen molar-refractivity contribution in [3.05, 3.63) is 76.1 Å². The first-order valence-electron chi connectivity index (χ1n) is 11.5. The highest BCUT2D eigenvalue weighted by atomic mass is 35.5. The van der Waals surface area contributed by atoms with Crippen LogP contribution >= 0.6 is 11.6 Å². The van der Waals surface area contributed by atoms with Crippen LogP contribution in [0.5, 0.6) is 5.75 Å². The van der Waals surface area contributed by atoms with Gasteiger partial charge in [0.25, 0.3) is 5.91 Å². The molecule has 0 saturated carbocycles. The van der Waals surface area contributed by atoms with Crippen LogP contribution in [0, 0.1) is 0 Å². The molecule has 9 nitrogen and oxygen atoms in total. The number of halogens is 1. The van der Waals surface area contributed by atoms with Gasteiger partial charge in [-0.3, -0.25) is 9.59 Å². The number of benzene rings is 2. The number of carbonyl (C=O) groups excluding carboxylic acids is 2. The molecule has 1 saturated heterocycles. The summed E-state index contributed by atoms with van der Waals surface area (Å²) in [5.74, 6) is 0.645. The number of methoxy groups -OCH3 is 1. The molecule has 1 fully saturated rings. The number of carbonyl (C=O) groups is 2. The smallest absolute Gasteiger partial charge is 0.276 e. The van der Waals surface area contributed by atoms with Gasteiger partial charge in [-0.1, -0.05) is 41.1 Å². The Morgan fingerprint density at radius 1 is 1.03 bits per heavy atom. The Morgan fingerprint density at radius 3 is 2.40 bits per heavy atom. The Labute approximate surface area is 208 Å². The van der Waals surface area contributed by atoms with E-state index in [0.717, 1.165) is 16.9 Å². The van der Waals surface area contributed by atoms with Crippen molar-refractivity contribution in [1.29, 1.82) is 0 Å². The summed E-state index contributed by atoms with van der Waals surface area (Å²) < 4.78 is 13.0. The number of hydrogen-bond donors (Lipinski definition) is 0. The lowest BCUT2D eigenvalue weighted by Gasteiger charge is -2.34. The minimum absolute atomic E-state index is 0.0402. The molecule has 5 rings (SSSR count). The van der Waals surface area contributed by atoms with Gasteiger partial charge in [0.05, 0.1) is 32.4 Å². The van der Waals surface area contributed by atoms with E-state index >= 15 is 0 Å². The molecule has 10 heteroatoms. The van der Waals surface area contributed by atoms with Gasteiger partial charge >= 0.3 is 0 Å². The van der Waals surface area contributed by atoms with E-state index in [1.54, 1.807) is 33.7 Å². The number of rotatable bonds is 5. The van der Waals surface area contributed by atoms with Crippen LogP contribution in [0.4, 0.5) is 0 Å². The number of aromatic nitrogens is 3. The molecule has 2 aliphatic rings. The lowest BCUT2D eigenvalue weighted by atomic mass is 10.1. The average molecular weight is 496 g/mol. The predicted octanol–water partition coefficient (Wildman–Crippen LogP) is 2.74. The Hall–Kier alpha value is -3.43. The number of fused-ring (bicyclic) bond motifs is 1. The molecule has 0 radical (unpaired) electrons. The van der Waals surface area contributed by atoms with Gasteiger partial charge in [0.2, 0.25) is 5.91 Å². The second-order valence-corrected chi connectivity index (χ2v) is 9.05. The summed E-state index contributed by atoms with van der Waals surface area (Å²) in [6.07, 6.45) is 0.143. The van der Waals surface area contributed by atoms with Gasteiger partial charge in [0.1, 0.15) is 11.9 Å². The molecule has 0 spiro atoms. The van der Waals surface area contributed by atoms with Crippen LogP contribution in [-0.4, -0.2) is 69.9 Å². The third kappa shape index (κ3) is 5.01. The highest BCUT2D eigenvalue weighted by Crippen LogP contribution is 2.28. The van der Waals surface area contributed by atoms with Gasteiger partial charge in [-0.05, 0) is 35.4 Å². The van der Waals surface area contributed by atoms with E-state index < -0.39 is 0 Å². The van der Waals surface area contributed by atoms with E-state index in [1.165, 1.54) is 0 Å². The Balaban J connectivity index is 1.18. The summed E-state index contributed by atoms with van der Waals surface area (Å²) in [4.78, 5) is 29.4. The third-order valence-electron chi connectivity index (χ3n) is 6.48. The average Bonchev–Trinajstić information content (AvgIpc) is 3.33. The number of nitrogens with zero attached hydrogens (tertiary/aromatic N) is 5. The Bertz CT molecular complexity index is 1200. The van der Waals surface area contributed by atoms with Crippen molar-refractivity contribution in [1.82, 2.24) is 24.8 Å². The first-order valence-corrected chi connectivity index (χ1v) is 11.9. The zero-order valence-electron chi connectivity index (χ0n) is 19.4. The van der Waals surface area contributed by atoms with Crippen molar-refractivity contribution in [2.45, 2.75) is 25.7 Å². The summed E-state index contributed by atoms with van der Waals surface area (Å²) in [5.41, 5.74) is 2.93. The molecule has 0 aliphatic carbocycles. The van der Waals surface area contributed by atoms with E-state index in [1.807, 2.05) is 36.4 Å². The molecule has 1 atom stereocenters. The van der Waals surface area contributed by atoms with E-state index in [-0.39, 0.29) is 24.5 Å². The first-order chi connectivity index (χ1) is 17.0. The van der Waals surface area contributed by atoms with Gasteiger partial charge in [0, 0.05) is 31.2 Å². The topological polar surface area (TPSA) is 89.8 Å². The molecule has 182 valence electrons. The van der Waals surface area contributed by atoms with E-state index in [9.17, 15) is 9.59 Å². The fourth-order valence-corrected chi connectivity index (χ4v) is 4.52. The van der Waals surface area contributed by atoms with Crippen LogP contribution in [0.15, 0.2) is 48.5 Å². The molecule has 1 aromatic heterocycles. The van der Waals surface area contributed by atoms with Crippen molar-refractivity contribution in [3.63, 3.8) is 0 Å². The molecular weight excluding hydrogens is 470 g/mol. The molecule has 0 N–H and O–H groups in total. The second-order valence-electron chi connectivity index (χ2n) is 8.62. The summed E-state index contributed by atoms with van der Waals surface area (Å²) >= 11 is 5.92. The van der Waals surface area contributed by atoms with Crippen molar-refractivity contribution >= 4 is 23.4 Å². The molecule has 2 aliphatic heterocycles. The number of ether oxygens (including phenoxy) is 2. The first kappa shape index (κ1) is 23.3. The zero-order chi connectivity index (χ0) is 24.4. The molecule has 0 bridgehead atoms. The maximum absolute atomic E-state index is 13.2. The van der Waals surface area contributed by atoms with E-state index in [2.05, 4.69) is 10.3 Å². The zero-order valence-corrected chi connectivity index (χ0v) is 20.1. The molecule has 0 unspecified atom stereocenters. The normalized spacial score (nSPS) is 17.7. The van der Waals surface area contributed by atoms with E-state index in [0.29, 0.717) is 55.6 Å². The quantitative estimate of drug-likeness (QED) is 0.540. The van der Waals surface area contributed by atoms with Crippen LogP contribution in [0.3, 0.4) is 0 Å². The minimum Gasteiger partial charge on any atom is -0.497 e. The highest BCUT2D eigenvalue weighted by molar-refractivity contribution is 6.30. The standard InChI is InChI=1S/C25H26ClN5O4/c1-34-20-8-4-18(5-9-20)22-15-31-21(16-35-22)24(27-28-31)25(33)30-12-10-29(11-13-30)23(32)14-17-2-6-19(26)7-3-17/h2-9,22H,10-16H2,1H3/t22-/m1/s1. The van der Waals surface area contributed by atoms with Gasteiger partial charge in [-0.15, -0.1) is 5.10 Å². The van der Waals surface area contributed by atoms with Crippen molar-refractivity contribution in [2.24, 2.45) is 0 Å². The summed E-state index contributed by atoms with van der Waals surface area (Å²) in [7, 11) is 1.63. The van der Waals surface area contributed by atoms with Gasteiger partial charge in [0.15, 0.2) is 5.69 Å². The van der Waals surface area contributed by atoms with Crippen LogP contribution in [0.25, 0.3) is 0 Å². The summed E-state index contributed by atoms with van der Waals surface area (Å²) in [5, 5.41) is 9.04. The van der Waals surface area contributed by atoms with Crippen LogP contribution in [0.2, 0.25) is 5.02 Å². The van der Waals surface area contributed by atoms with Gasteiger partial charge in [-0.2, -0.15) is 0 Å². The van der Waals surface area contributed by atoms with Crippen LogP contribution in [0.1, 0.15) is 33.4 Å². The maximum Gasteiger partial charge on any atom is 0.276 e. The van der Waals surface area contributed by atoms with Crippen molar-refractivity contribution in [3.8, 4) is 5.75 Å². The fraction of sp³-hybridized carbons (Fsp3) is 0.360. The SMILES string of the molecule is COc1ccc([C@H]2Cn3nnc(C(=O)N4CCN(C(=O)Cc5ccc(Cl)cc5)CC4)c3CO2)cc1. The Kier molecular flexibility index (Phi) is 6.70. The largest absolute Gasteiger partial charge is 0.497 e. The molecule has 2 amide bonds. The summed E-state index contributed by atoms with van der Waals surface area (Å²) in [6.45, 7) is 2.61. The van der Waals surface area contributed by atoms with Crippen LogP contribution < -0.4 is 4.74 Å². The summed E-state index contributed by atoms with van der Waals surface area (Å²) in [6, 6.07) is 15.0. The third-order valence-corrected chi connectivity index (χ3v) is 6.73. The van der Waals surface area contributed by atoms with E-state index in [4.69, 9.17) is 21.1 Å². The molecule has 3 heterocycles. The predicted molar refractivity (Wildman–Crippen MR) is 128 cm³/mol. The second kappa shape index (κ2) is 10.1. The van der Waals surface area contributed by atoms with Crippen LogP contribution in [-0.2, 0) is 29.1 Å². The number of piperazine rings is 1. The lowest BCUT2D eigenvalue weighted by molar-refractivity contribution is -0.131. The monoisotopic (exact) mass is 495 g/mol. The molecule has 2 aromatic carbocycles. The fourth-order valence-electron chi connectivity index (χ4n) is 4.40. The maximum atomic E-state index is 13.2. The van der Waals surface area contributed by atoms with Crippen molar-refractivity contribution in [2.75, 3.05) is 33.3 Å². The number of amides is 2. The highest BCUT2D eigenvalue weighted by Gasteiger charge is 2.32. The molecule has 35 heavy (non-hydrogen) atoms. The minimum atomic E-state index is -0.178. The Morgan fingerprint density at radius 2 is 1.71 bits per heavy atom.